The van der Waals surface area contributed by atoms with Gasteiger partial charge in [0.1, 0.15) is 23.7 Å². The normalized spacial score (nSPS) is 21.9. The van der Waals surface area contributed by atoms with Crippen molar-refractivity contribution in [3.05, 3.63) is 23.8 Å². The summed E-state index contributed by atoms with van der Waals surface area (Å²) >= 11 is 5.06. The molecule has 15 heavy (non-hydrogen) atoms. The summed E-state index contributed by atoms with van der Waals surface area (Å²) in [5.41, 5.74) is 3.25. The number of nitrogens with zero attached hydrogens (tertiary/aromatic N) is 2. The van der Waals surface area contributed by atoms with Crippen LogP contribution in [0.4, 0.5) is 4.39 Å². The average Bonchev–Trinajstić information content (AvgIpc) is 2.61. The Hall–Kier alpha value is -1.18. The fourth-order valence-corrected chi connectivity index (χ4v) is 1.60. The van der Waals surface area contributed by atoms with Gasteiger partial charge in [-0.05, 0) is 13.0 Å². The first-order chi connectivity index (χ1) is 7.11. The molecule has 0 bridgehead atoms. The molecule has 0 saturated heterocycles. The highest BCUT2D eigenvalue weighted by Crippen LogP contribution is 2.17. The molecule has 0 aliphatic carbocycles. The standard InChI is InChI=1S/C8H11FN4OS/c1-5(14)12-4-7-10-6(3-9)2-8(15)13(7)11-12/h2,4-5,10-11,14H,3H2,1H3. The Morgan fingerprint density at radius 2 is 2.40 bits per heavy atom. The third-order valence-corrected chi connectivity index (χ3v) is 2.37. The molecule has 3 N–H and O–H groups in total. The maximum Gasteiger partial charge on any atom is 0.145 e. The molecule has 1 unspecified atom stereocenters. The van der Waals surface area contributed by atoms with Gasteiger partial charge in [-0.25, -0.2) is 9.40 Å². The molecule has 2 aliphatic heterocycles. The first-order valence-corrected chi connectivity index (χ1v) is 4.85. The summed E-state index contributed by atoms with van der Waals surface area (Å²) in [5, 5.41) is 15.2. The summed E-state index contributed by atoms with van der Waals surface area (Å²) < 4.78 is 12.4. The quantitative estimate of drug-likeness (QED) is 0.578. The predicted octanol–water partition coefficient (Wildman–Crippen LogP) is -0.0552. The average molecular weight is 230 g/mol. The van der Waals surface area contributed by atoms with Crippen molar-refractivity contribution in [2.24, 2.45) is 0 Å². The summed E-state index contributed by atoms with van der Waals surface area (Å²) in [6, 6.07) is 0. The van der Waals surface area contributed by atoms with E-state index in [2.05, 4.69) is 10.9 Å². The number of nitrogens with one attached hydrogen (secondary N) is 2. The van der Waals surface area contributed by atoms with E-state index in [0.717, 1.165) is 0 Å². The largest absolute Gasteiger partial charge is 0.372 e. The van der Waals surface area contributed by atoms with Crippen LogP contribution >= 0.6 is 12.2 Å². The molecule has 0 aromatic heterocycles. The Kier molecular flexibility index (Phi) is 2.59. The molecule has 5 nitrogen and oxygen atoms in total. The highest BCUT2D eigenvalue weighted by atomic mass is 32.1. The number of halogens is 1. The van der Waals surface area contributed by atoms with Crippen LogP contribution in [-0.4, -0.2) is 33.0 Å². The number of alkyl halides is 1. The molecule has 2 rings (SSSR count). The number of fused-ring (bicyclic) bond motifs is 1. The molecule has 0 aromatic rings. The van der Waals surface area contributed by atoms with Gasteiger partial charge in [-0.2, -0.15) is 0 Å². The Morgan fingerprint density at radius 3 is 3.00 bits per heavy atom. The van der Waals surface area contributed by atoms with Crippen molar-refractivity contribution in [1.82, 2.24) is 20.9 Å². The van der Waals surface area contributed by atoms with Gasteiger partial charge in [0.2, 0.25) is 0 Å². The van der Waals surface area contributed by atoms with Crippen LogP contribution in [0.15, 0.2) is 23.8 Å². The number of allylic oxidation sites excluding steroid dienone is 1. The second-order valence-electron chi connectivity index (χ2n) is 3.26. The Balaban J connectivity index is 2.20. The van der Waals surface area contributed by atoms with Crippen LogP contribution in [-0.2, 0) is 0 Å². The summed E-state index contributed by atoms with van der Waals surface area (Å²) in [7, 11) is 0. The van der Waals surface area contributed by atoms with Gasteiger partial charge in [0.05, 0.1) is 11.9 Å². The molecular formula is C8H11FN4OS. The first kappa shape index (κ1) is 10.3. The van der Waals surface area contributed by atoms with Gasteiger partial charge in [0, 0.05) is 0 Å². The zero-order valence-corrected chi connectivity index (χ0v) is 8.88. The molecule has 82 valence electrons. The van der Waals surface area contributed by atoms with Crippen molar-refractivity contribution in [2.45, 2.75) is 13.2 Å². The molecule has 2 aliphatic rings. The van der Waals surface area contributed by atoms with Crippen LogP contribution in [0.1, 0.15) is 6.92 Å². The second-order valence-corrected chi connectivity index (χ2v) is 3.67. The third kappa shape index (κ3) is 1.81. The second kappa shape index (κ2) is 3.76. The minimum absolute atomic E-state index is 0.414. The smallest absolute Gasteiger partial charge is 0.145 e. The highest BCUT2D eigenvalue weighted by Gasteiger charge is 2.28. The lowest BCUT2D eigenvalue weighted by Gasteiger charge is -2.28. The molecule has 0 amide bonds. The summed E-state index contributed by atoms with van der Waals surface area (Å²) in [6.45, 7) is 1.01. The zero-order chi connectivity index (χ0) is 11.0. The van der Waals surface area contributed by atoms with E-state index >= 15 is 0 Å². The molecule has 0 saturated carbocycles. The van der Waals surface area contributed by atoms with Crippen LogP contribution in [0.3, 0.4) is 0 Å². The van der Waals surface area contributed by atoms with E-state index in [-0.39, 0.29) is 0 Å². The summed E-state index contributed by atoms with van der Waals surface area (Å²) in [5.74, 6) is 0.607. The van der Waals surface area contributed by atoms with E-state index in [1.807, 2.05) is 0 Å². The zero-order valence-electron chi connectivity index (χ0n) is 8.07. The number of hydrazine groups is 2. The molecular weight excluding hydrogens is 219 g/mol. The lowest BCUT2D eigenvalue weighted by Crippen LogP contribution is -2.49. The Morgan fingerprint density at radius 1 is 1.67 bits per heavy atom. The van der Waals surface area contributed by atoms with Gasteiger partial charge in [-0.15, -0.1) is 5.53 Å². The number of hydrogen-bond donors (Lipinski definition) is 3. The Bertz CT molecular complexity index is 355. The van der Waals surface area contributed by atoms with Gasteiger partial charge >= 0.3 is 0 Å². The van der Waals surface area contributed by atoms with Crippen molar-refractivity contribution < 1.29 is 9.50 Å². The maximum absolute atomic E-state index is 12.4. The van der Waals surface area contributed by atoms with Gasteiger partial charge in [0.15, 0.2) is 0 Å². The van der Waals surface area contributed by atoms with Crippen LogP contribution in [0, 0.1) is 0 Å². The van der Waals surface area contributed by atoms with Crippen LogP contribution in [0.2, 0.25) is 0 Å². The fraction of sp³-hybridized carbons (Fsp3) is 0.375. The van der Waals surface area contributed by atoms with Crippen molar-refractivity contribution in [2.75, 3.05) is 6.67 Å². The molecule has 0 spiro atoms. The SMILES string of the molecule is CC(O)N1C=C2NC(CF)=CC(=S)N2N1. The van der Waals surface area contributed by atoms with E-state index in [4.69, 9.17) is 12.2 Å². The van der Waals surface area contributed by atoms with E-state index in [1.54, 1.807) is 18.1 Å². The number of aliphatic hydroxyl groups excluding tert-OH is 1. The number of aliphatic hydroxyl groups is 1. The lowest BCUT2D eigenvalue weighted by atomic mass is 10.3. The van der Waals surface area contributed by atoms with Crippen molar-refractivity contribution in [3.8, 4) is 0 Å². The van der Waals surface area contributed by atoms with E-state index in [1.165, 1.54) is 11.1 Å². The van der Waals surface area contributed by atoms with Crippen LogP contribution < -0.4 is 10.9 Å². The molecule has 0 radical (unpaired) electrons. The number of rotatable bonds is 2. The third-order valence-electron chi connectivity index (χ3n) is 2.07. The summed E-state index contributed by atoms with van der Waals surface area (Å²) in [4.78, 5) is 0.454. The predicted molar refractivity (Wildman–Crippen MR) is 56.4 cm³/mol. The van der Waals surface area contributed by atoms with Gasteiger partial charge in [-0.1, -0.05) is 12.2 Å². The monoisotopic (exact) mass is 230 g/mol. The van der Waals surface area contributed by atoms with Crippen LogP contribution in [0.5, 0.6) is 0 Å². The first-order valence-electron chi connectivity index (χ1n) is 4.44. The molecule has 0 fully saturated rings. The maximum atomic E-state index is 12.4. The minimum atomic E-state index is -0.693. The van der Waals surface area contributed by atoms with Gasteiger partial charge < -0.3 is 10.4 Å². The number of thiocarbonyl (C=S) groups is 1. The topological polar surface area (TPSA) is 50.8 Å². The van der Waals surface area contributed by atoms with E-state index in [0.29, 0.717) is 16.5 Å². The molecule has 0 aromatic carbocycles. The Labute approximate surface area is 91.8 Å². The summed E-state index contributed by atoms with van der Waals surface area (Å²) in [6.07, 6.45) is 2.46. The highest BCUT2D eigenvalue weighted by molar-refractivity contribution is 7.80. The van der Waals surface area contributed by atoms with E-state index < -0.39 is 12.9 Å². The lowest BCUT2D eigenvalue weighted by molar-refractivity contribution is 0.000346. The van der Waals surface area contributed by atoms with Crippen molar-refractivity contribution in [3.63, 3.8) is 0 Å². The molecule has 2 heterocycles. The molecule has 7 heteroatoms. The fourth-order valence-electron chi connectivity index (χ4n) is 1.32. The van der Waals surface area contributed by atoms with Gasteiger partial charge in [0.25, 0.3) is 0 Å². The van der Waals surface area contributed by atoms with Crippen LogP contribution in [0.25, 0.3) is 0 Å². The van der Waals surface area contributed by atoms with Crippen molar-refractivity contribution >= 4 is 17.2 Å². The van der Waals surface area contributed by atoms with Gasteiger partial charge in [-0.3, -0.25) is 5.01 Å². The van der Waals surface area contributed by atoms with E-state index in [9.17, 15) is 9.50 Å². The number of hydrogen-bond acceptors (Lipinski definition) is 5. The van der Waals surface area contributed by atoms with Crippen molar-refractivity contribution in [1.29, 1.82) is 0 Å². The minimum Gasteiger partial charge on any atom is -0.372 e. The molecule has 1 atom stereocenters.